The summed E-state index contributed by atoms with van der Waals surface area (Å²) in [5.41, 5.74) is 7.01. The van der Waals surface area contributed by atoms with E-state index in [1.807, 2.05) is 0 Å². The maximum Gasteiger partial charge on any atom is 0.378 e. The van der Waals surface area contributed by atoms with Crippen LogP contribution in [-0.2, 0) is 14.3 Å². The summed E-state index contributed by atoms with van der Waals surface area (Å²) in [6, 6.07) is 0. The van der Waals surface area contributed by atoms with Crippen molar-refractivity contribution < 1.29 is 29.6 Å². The summed E-state index contributed by atoms with van der Waals surface area (Å²) >= 11 is 0. The summed E-state index contributed by atoms with van der Waals surface area (Å²) in [6.07, 6.45) is 19.2. The Balaban J connectivity index is 2.25. The first kappa shape index (κ1) is 34.5. The molecular weight excluding hydrogens is 492 g/mol. The van der Waals surface area contributed by atoms with Crippen molar-refractivity contribution in [3.63, 3.8) is 0 Å². The number of aliphatic hydroxyl groups excluding tert-OH is 3. The highest BCUT2D eigenvalue weighted by Gasteiger charge is 2.40. The molecular formula is C33H52O6. The first-order chi connectivity index (χ1) is 18.5. The molecule has 0 aromatic heterocycles. The molecule has 220 valence electrons. The quantitative estimate of drug-likeness (QED) is 0.0876. The van der Waals surface area contributed by atoms with Crippen LogP contribution in [-0.4, -0.2) is 46.7 Å². The Bertz CT molecular complexity index is 943. The molecule has 0 saturated heterocycles. The average Bonchev–Trinajstić information content (AvgIpc) is 3.16. The number of ether oxygens (including phenoxy) is 2. The lowest BCUT2D eigenvalue weighted by Gasteiger charge is -2.13. The molecule has 6 nitrogen and oxygen atoms in total. The number of allylic oxidation sites excluding steroid dienone is 10. The highest BCUT2D eigenvalue weighted by atomic mass is 16.6. The van der Waals surface area contributed by atoms with Crippen molar-refractivity contribution in [3.8, 4) is 0 Å². The van der Waals surface area contributed by atoms with Gasteiger partial charge in [-0.05, 0) is 106 Å². The average molecular weight is 545 g/mol. The van der Waals surface area contributed by atoms with Crippen molar-refractivity contribution in [2.24, 2.45) is 0 Å². The van der Waals surface area contributed by atoms with Crippen LogP contribution in [0.3, 0.4) is 0 Å². The van der Waals surface area contributed by atoms with Crippen molar-refractivity contribution in [1.82, 2.24) is 0 Å². The Labute approximate surface area is 236 Å². The molecule has 1 heterocycles. The van der Waals surface area contributed by atoms with E-state index in [9.17, 15) is 15.0 Å². The highest BCUT2D eigenvalue weighted by molar-refractivity contribution is 5.89. The minimum atomic E-state index is -1.37. The number of aliphatic hydroxyl groups is 3. The molecule has 6 heteroatoms. The Morgan fingerprint density at radius 2 is 1.26 bits per heavy atom. The van der Waals surface area contributed by atoms with Crippen molar-refractivity contribution in [2.45, 2.75) is 118 Å². The van der Waals surface area contributed by atoms with Gasteiger partial charge in [0.05, 0.1) is 13.2 Å². The number of hydrogen-bond acceptors (Lipinski definition) is 6. The fraction of sp³-hybridized carbons (Fsp3) is 0.606. The number of carbonyl (C=O) groups excluding carboxylic acids is 1. The van der Waals surface area contributed by atoms with E-state index >= 15 is 0 Å². The van der Waals surface area contributed by atoms with Crippen molar-refractivity contribution >= 4 is 5.97 Å². The van der Waals surface area contributed by atoms with Gasteiger partial charge in [0.15, 0.2) is 11.9 Å². The lowest BCUT2D eigenvalue weighted by molar-refractivity contribution is -0.148. The molecule has 0 aromatic rings. The monoisotopic (exact) mass is 544 g/mol. The first-order valence-electron chi connectivity index (χ1n) is 14.4. The standard InChI is InChI=1S/C33H52O6/c1-24(2)13-9-16-27(5)19-10-17-25(3)14-7-8-15-26(4)18-11-20-28(6)21-12-22-38-32-30(36)31(29(35)23-34)39-33(32)37/h13-15,19-20,29,31,34-36H,7-12,16-18,21-23H2,1-6H3/b25-14+,26-15+,27-19+,28-20+/t29-,31+/m0/s1. The van der Waals surface area contributed by atoms with Crippen LogP contribution < -0.4 is 0 Å². The fourth-order valence-corrected chi connectivity index (χ4v) is 4.22. The largest absolute Gasteiger partial charge is 0.505 e. The van der Waals surface area contributed by atoms with Crippen LogP contribution in [0.15, 0.2) is 69.8 Å². The van der Waals surface area contributed by atoms with Crippen LogP contribution in [0.25, 0.3) is 0 Å². The maximum absolute atomic E-state index is 11.8. The summed E-state index contributed by atoms with van der Waals surface area (Å²) < 4.78 is 10.2. The predicted molar refractivity (Wildman–Crippen MR) is 159 cm³/mol. The van der Waals surface area contributed by atoms with E-state index in [0.29, 0.717) is 6.42 Å². The fourth-order valence-electron chi connectivity index (χ4n) is 4.22. The highest BCUT2D eigenvalue weighted by Crippen LogP contribution is 2.24. The van der Waals surface area contributed by atoms with Gasteiger partial charge in [-0.3, -0.25) is 0 Å². The zero-order valence-corrected chi connectivity index (χ0v) is 25.1. The Morgan fingerprint density at radius 3 is 1.74 bits per heavy atom. The van der Waals surface area contributed by atoms with E-state index < -0.39 is 30.5 Å². The number of cyclic esters (lactones) is 1. The zero-order valence-electron chi connectivity index (χ0n) is 25.1. The van der Waals surface area contributed by atoms with Gasteiger partial charge >= 0.3 is 5.97 Å². The molecule has 0 amide bonds. The molecule has 0 bridgehead atoms. The van der Waals surface area contributed by atoms with Crippen molar-refractivity contribution in [3.05, 3.63) is 69.8 Å². The summed E-state index contributed by atoms with van der Waals surface area (Å²) in [6.45, 7) is 12.7. The van der Waals surface area contributed by atoms with E-state index in [1.54, 1.807) is 0 Å². The van der Waals surface area contributed by atoms with Crippen LogP contribution >= 0.6 is 0 Å². The van der Waals surface area contributed by atoms with Crippen molar-refractivity contribution in [1.29, 1.82) is 0 Å². The van der Waals surface area contributed by atoms with Gasteiger partial charge in [0.2, 0.25) is 5.76 Å². The molecule has 0 spiro atoms. The maximum atomic E-state index is 11.8. The van der Waals surface area contributed by atoms with Gasteiger partial charge in [0.1, 0.15) is 6.10 Å². The Morgan fingerprint density at radius 1 is 0.795 bits per heavy atom. The number of carbonyl (C=O) groups is 1. The predicted octanol–water partition coefficient (Wildman–Crippen LogP) is 7.70. The van der Waals surface area contributed by atoms with Crippen LogP contribution in [0.1, 0.15) is 106 Å². The lowest BCUT2D eigenvalue weighted by atomic mass is 10.0. The summed E-state index contributed by atoms with van der Waals surface area (Å²) in [7, 11) is 0. The zero-order chi connectivity index (χ0) is 29.2. The van der Waals surface area contributed by atoms with Crippen LogP contribution in [0.5, 0.6) is 0 Å². The molecule has 3 N–H and O–H groups in total. The van der Waals surface area contributed by atoms with Crippen LogP contribution in [0.4, 0.5) is 0 Å². The molecule has 2 atom stereocenters. The number of hydrogen-bond donors (Lipinski definition) is 3. The third kappa shape index (κ3) is 15.0. The molecule has 0 aliphatic carbocycles. The lowest BCUT2D eigenvalue weighted by Crippen LogP contribution is -2.31. The summed E-state index contributed by atoms with van der Waals surface area (Å²) in [4.78, 5) is 11.8. The Kier molecular flexibility index (Phi) is 17.2. The molecule has 1 rings (SSSR count). The minimum Gasteiger partial charge on any atom is -0.505 e. The summed E-state index contributed by atoms with van der Waals surface area (Å²) in [5, 5.41) is 28.6. The molecule has 1 aliphatic rings. The SMILES string of the molecule is CC(C)=CCC/C(C)=C/CC/C(C)=C/CC/C=C(\C)CC/C=C(\C)CCCOC1=C(O)[C@@H]([C@@H](O)CO)OC1=O. The third-order valence-corrected chi connectivity index (χ3v) is 6.73. The number of esters is 1. The van der Waals surface area contributed by atoms with E-state index in [4.69, 9.17) is 14.6 Å². The molecule has 0 radical (unpaired) electrons. The molecule has 0 aromatic carbocycles. The van der Waals surface area contributed by atoms with E-state index in [2.05, 4.69) is 71.9 Å². The van der Waals surface area contributed by atoms with Gasteiger partial charge in [-0.15, -0.1) is 0 Å². The van der Waals surface area contributed by atoms with Gasteiger partial charge in [0.25, 0.3) is 0 Å². The molecule has 39 heavy (non-hydrogen) atoms. The number of rotatable bonds is 19. The first-order valence-corrected chi connectivity index (χ1v) is 14.4. The Hall–Kier alpha value is -2.57. The second-order valence-corrected chi connectivity index (χ2v) is 10.9. The van der Waals surface area contributed by atoms with Crippen molar-refractivity contribution in [2.75, 3.05) is 13.2 Å². The van der Waals surface area contributed by atoms with E-state index in [-0.39, 0.29) is 12.4 Å². The number of unbranched alkanes of at least 4 members (excludes halogenated alkanes) is 1. The van der Waals surface area contributed by atoms with Gasteiger partial charge < -0.3 is 24.8 Å². The second-order valence-electron chi connectivity index (χ2n) is 10.9. The van der Waals surface area contributed by atoms with Crippen LogP contribution in [0, 0.1) is 0 Å². The molecule has 0 unspecified atom stereocenters. The van der Waals surface area contributed by atoms with Crippen LogP contribution in [0.2, 0.25) is 0 Å². The normalized spacial score (nSPS) is 17.9. The topological polar surface area (TPSA) is 96.2 Å². The van der Waals surface area contributed by atoms with E-state index in [0.717, 1.165) is 57.8 Å². The van der Waals surface area contributed by atoms with Gasteiger partial charge in [-0.25, -0.2) is 4.79 Å². The smallest absolute Gasteiger partial charge is 0.378 e. The molecule has 0 saturated carbocycles. The van der Waals surface area contributed by atoms with E-state index in [1.165, 1.54) is 27.9 Å². The third-order valence-electron chi connectivity index (χ3n) is 6.73. The van der Waals surface area contributed by atoms with Gasteiger partial charge in [-0.2, -0.15) is 0 Å². The second kappa shape index (κ2) is 19.5. The summed E-state index contributed by atoms with van der Waals surface area (Å²) in [5.74, 6) is -1.56. The molecule has 1 aliphatic heterocycles. The van der Waals surface area contributed by atoms with Gasteiger partial charge in [-0.1, -0.05) is 58.2 Å². The minimum absolute atomic E-state index is 0.250. The van der Waals surface area contributed by atoms with Gasteiger partial charge in [0, 0.05) is 0 Å². The molecule has 0 fully saturated rings.